The minimum atomic E-state index is 0.459. The van der Waals surface area contributed by atoms with Crippen molar-refractivity contribution in [3.8, 4) is 0 Å². The molecule has 0 aromatic carbocycles. The van der Waals surface area contributed by atoms with Crippen LogP contribution in [-0.4, -0.2) is 23.1 Å². The van der Waals surface area contributed by atoms with Gasteiger partial charge >= 0.3 is 0 Å². The van der Waals surface area contributed by atoms with E-state index in [-0.39, 0.29) is 0 Å². The molecule has 0 atom stereocenters. The van der Waals surface area contributed by atoms with Gasteiger partial charge < -0.3 is 10.6 Å². The molecule has 15 heavy (non-hydrogen) atoms. The van der Waals surface area contributed by atoms with E-state index in [1.165, 1.54) is 25.7 Å². The summed E-state index contributed by atoms with van der Waals surface area (Å²) in [5.41, 5.74) is 6.55. The van der Waals surface area contributed by atoms with E-state index in [9.17, 15) is 0 Å². The van der Waals surface area contributed by atoms with Gasteiger partial charge in [-0.1, -0.05) is 12.8 Å². The van der Waals surface area contributed by atoms with E-state index < -0.39 is 0 Å². The van der Waals surface area contributed by atoms with E-state index in [1.807, 2.05) is 0 Å². The Morgan fingerprint density at radius 1 is 1.33 bits per heavy atom. The topological polar surface area (TPSA) is 55.0 Å². The van der Waals surface area contributed by atoms with Crippen molar-refractivity contribution >= 4 is 5.82 Å². The maximum atomic E-state index is 5.66. The standard InChI is InChI=1S/C11H18N4/c1-15(9-4-2-3-5-9)11-10(8-12)13-6-7-14-11/h6-7,9H,2-5,8,12H2,1H3. The molecule has 82 valence electrons. The van der Waals surface area contributed by atoms with E-state index in [0.29, 0.717) is 12.6 Å². The fourth-order valence-corrected chi connectivity index (χ4v) is 2.26. The zero-order valence-electron chi connectivity index (χ0n) is 9.19. The third-order valence-electron chi connectivity index (χ3n) is 3.15. The molecule has 0 spiro atoms. The van der Waals surface area contributed by atoms with Crippen molar-refractivity contribution in [2.45, 2.75) is 38.3 Å². The van der Waals surface area contributed by atoms with E-state index in [4.69, 9.17) is 5.73 Å². The van der Waals surface area contributed by atoms with E-state index in [2.05, 4.69) is 21.9 Å². The van der Waals surface area contributed by atoms with Gasteiger partial charge in [0.1, 0.15) is 0 Å². The Morgan fingerprint density at radius 2 is 2.00 bits per heavy atom. The lowest BCUT2D eigenvalue weighted by Crippen LogP contribution is -2.31. The van der Waals surface area contributed by atoms with Crippen molar-refractivity contribution in [1.29, 1.82) is 0 Å². The van der Waals surface area contributed by atoms with Crippen molar-refractivity contribution < 1.29 is 0 Å². The van der Waals surface area contributed by atoms with Gasteiger partial charge in [0.25, 0.3) is 0 Å². The maximum absolute atomic E-state index is 5.66. The Morgan fingerprint density at radius 3 is 2.67 bits per heavy atom. The predicted molar refractivity (Wildman–Crippen MR) is 60.6 cm³/mol. The minimum Gasteiger partial charge on any atom is -0.355 e. The largest absolute Gasteiger partial charge is 0.355 e. The first-order valence-corrected chi connectivity index (χ1v) is 5.55. The van der Waals surface area contributed by atoms with Gasteiger partial charge in [0, 0.05) is 32.0 Å². The molecule has 1 aromatic heterocycles. The second kappa shape index (κ2) is 4.57. The van der Waals surface area contributed by atoms with Gasteiger partial charge in [0.15, 0.2) is 5.82 Å². The lowest BCUT2D eigenvalue weighted by Gasteiger charge is -2.26. The van der Waals surface area contributed by atoms with Crippen LogP contribution in [0.5, 0.6) is 0 Å². The highest BCUT2D eigenvalue weighted by molar-refractivity contribution is 5.43. The molecule has 0 unspecified atom stereocenters. The summed E-state index contributed by atoms with van der Waals surface area (Å²) in [6.07, 6.45) is 8.61. The Labute approximate surface area is 90.5 Å². The Balaban J connectivity index is 2.19. The maximum Gasteiger partial charge on any atom is 0.151 e. The van der Waals surface area contributed by atoms with Crippen molar-refractivity contribution in [2.75, 3.05) is 11.9 Å². The fraction of sp³-hybridized carbons (Fsp3) is 0.636. The van der Waals surface area contributed by atoms with E-state index in [0.717, 1.165) is 11.5 Å². The third kappa shape index (κ3) is 2.09. The molecule has 4 nitrogen and oxygen atoms in total. The van der Waals surface area contributed by atoms with Gasteiger partial charge in [-0.15, -0.1) is 0 Å². The highest BCUT2D eigenvalue weighted by Gasteiger charge is 2.22. The summed E-state index contributed by atoms with van der Waals surface area (Å²) in [6.45, 7) is 0.459. The zero-order chi connectivity index (χ0) is 10.7. The van der Waals surface area contributed by atoms with E-state index >= 15 is 0 Å². The molecule has 1 fully saturated rings. The van der Waals surface area contributed by atoms with Gasteiger partial charge in [-0.2, -0.15) is 0 Å². The molecule has 2 rings (SSSR count). The first-order valence-electron chi connectivity index (χ1n) is 5.55. The van der Waals surface area contributed by atoms with Crippen LogP contribution in [0.1, 0.15) is 31.4 Å². The summed E-state index contributed by atoms with van der Waals surface area (Å²) in [6, 6.07) is 0.618. The summed E-state index contributed by atoms with van der Waals surface area (Å²) >= 11 is 0. The highest BCUT2D eigenvalue weighted by atomic mass is 15.2. The Bertz CT molecular complexity index is 320. The van der Waals surface area contributed by atoms with Gasteiger partial charge in [-0.25, -0.2) is 4.98 Å². The second-order valence-electron chi connectivity index (χ2n) is 4.08. The average Bonchev–Trinajstić information content (AvgIpc) is 2.81. The first kappa shape index (κ1) is 10.4. The SMILES string of the molecule is CN(c1nccnc1CN)C1CCCC1. The van der Waals surface area contributed by atoms with Crippen LogP contribution >= 0.6 is 0 Å². The van der Waals surface area contributed by atoms with Crippen LogP contribution in [0.3, 0.4) is 0 Å². The quantitative estimate of drug-likeness (QED) is 0.810. The minimum absolute atomic E-state index is 0.459. The average molecular weight is 206 g/mol. The summed E-state index contributed by atoms with van der Waals surface area (Å²) in [5, 5.41) is 0. The smallest absolute Gasteiger partial charge is 0.151 e. The molecule has 0 bridgehead atoms. The molecular formula is C11H18N4. The summed E-state index contributed by atoms with van der Waals surface area (Å²) in [5.74, 6) is 0.951. The van der Waals surface area contributed by atoms with Crippen LogP contribution in [0.25, 0.3) is 0 Å². The molecule has 1 saturated carbocycles. The van der Waals surface area contributed by atoms with Crippen molar-refractivity contribution in [3.05, 3.63) is 18.1 Å². The van der Waals surface area contributed by atoms with Crippen LogP contribution in [0, 0.1) is 0 Å². The lowest BCUT2D eigenvalue weighted by atomic mass is 10.2. The molecule has 1 aromatic rings. The summed E-state index contributed by atoms with van der Waals surface area (Å²) in [7, 11) is 2.10. The second-order valence-corrected chi connectivity index (χ2v) is 4.08. The lowest BCUT2D eigenvalue weighted by molar-refractivity contribution is 0.640. The van der Waals surface area contributed by atoms with Crippen molar-refractivity contribution in [3.63, 3.8) is 0 Å². The fourth-order valence-electron chi connectivity index (χ4n) is 2.26. The Hall–Kier alpha value is -1.16. The molecule has 0 saturated heterocycles. The molecule has 1 heterocycles. The van der Waals surface area contributed by atoms with Gasteiger partial charge in [0.05, 0.1) is 5.69 Å². The highest BCUT2D eigenvalue weighted by Crippen LogP contribution is 2.26. The van der Waals surface area contributed by atoms with E-state index in [1.54, 1.807) is 12.4 Å². The van der Waals surface area contributed by atoms with Crippen LogP contribution in [0.2, 0.25) is 0 Å². The van der Waals surface area contributed by atoms with Crippen LogP contribution in [-0.2, 0) is 6.54 Å². The molecule has 4 heteroatoms. The van der Waals surface area contributed by atoms with Gasteiger partial charge in [0.2, 0.25) is 0 Å². The molecule has 0 radical (unpaired) electrons. The van der Waals surface area contributed by atoms with Crippen LogP contribution in [0.4, 0.5) is 5.82 Å². The molecular weight excluding hydrogens is 188 g/mol. The van der Waals surface area contributed by atoms with Crippen LogP contribution in [0.15, 0.2) is 12.4 Å². The van der Waals surface area contributed by atoms with Crippen molar-refractivity contribution in [1.82, 2.24) is 9.97 Å². The normalized spacial score (nSPS) is 16.9. The number of rotatable bonds is 3. The molecule has 1 aliphatic rings. The molecule has 0 aliphatic heterocycles. The number of nitrogens with zero attached hydrogens (tertiary/aromatic N) is 3. The molecule has 1 aliphatic carbocycles. The van der Waals surface area contributed by atoms with Gasteiger partial charge in [-0.05, 0) is 12.8 Å². The van der Waals surface area contributed by atoms with Gasteiger partial charge in [-0.3, -0.25) is 4.98 Å². The van der Waals surface area contributed by atoms with Crippen LogP contribution < -0.4 is 10.6 Å². The first-order chi connectivity index (χ1) is 7.33. The van der Waals surface area contributed by atoms with Crippen molar-refractivity contribution in [2.24, 2.45) is 5.73 Å². The zero-order valence-corrected chi connectivity index (χ0v) is 9.19. The number of anilines is 1. The summed E-state index contributed by atoms with van der Waals surface area (Å²) < 4.78 is 0. The summed E-state index contributed by atoms with van der Waals surface area (Å²) in [4.78, 5) is 10.9. The number of nitrogens with two attached hydrogens (primary N) is 1. The predicted octanol–water partition coefficient (Wildman–Crippen LogP) is 1.31. The molecule has 0 amide bonds. The number of aromatic nitrogens is 2. The third-order valence-corrected chi connectivity index (χ3v) is 3.15. The number of hydrogen-bond acceptors (Lipinski definition) is 4. The monoisotopic (exact) mass is 206 g/mol. The molecule has 2 N–H and O–H groups in total. The Kier molecular flexibility index (Phi) is 3.16. The number of hydrogen-bond donors (Lipinski definition) is 1.